The molecule has 32 heavy (non-hydrogen) atoms. The average Bonchev–Trinajstić information content (AvgIpc) is 3.20. The number of H-pyrrole nitrogens is 1. The molecule has 1 unspecified atom stereocenters. The Kier molecular flexibility index (Phi) is 4.55. The molecule has 2 aliphatic carbocycles. The van der Waals surface area contributed by atoms with Crippen LogP contribution in [0.2, 0.25) is 0 Å². The molecule has 1 aliphatic heterocycles. The van der Waals surface area contributed by atoms with E-state index in [0.29, 0.717) is 12.1 Å². The topological polar surface area (TPSA) is 88.9 Å². The summed E-state index contributed by atoms with van der Waals surface area (Å²) in [6.07, 6.45) is 9.64. The largest absolute Gasteiger partial charge is 0.497 e. The Balaban J connectivity index is 1.27. The van der Waals surface area contributed by atoms with Gasteiger partial charge in [-0.1, -0.05) is 6.42 Å². The zero-order valence-electron chi connectivity index (χ0n) is 18.3. The normalized spacial score (nSPS) is 21.7. The van der Waals surface area contributed by atoms with Crippen molar-refractivity contribution in [1.82, 2.24) is 29.9 Å². The van der Waals surface area contributed by atoms with Crippen molar-refractivity contribution in [2.24, 2.45) is 11.3 Å². The molecule has 0 radical (unpaired) electrons. The lowest BCUT2D eigenvalue weighted by Crippen LogP contribution is -2.38. The standard InChI is InChI=1S/C24H28N6O2/c1-32-18-7-5-17(6-8-18)21-19(11-25-27-21)23(31)29-13-20(24(14-29)9-2-10-24)22-28-26-15-30(22)12-16-3-4-16/h5-8,11,15-16,20H,2-4,9-10,12-14H2,1H3,(H,25,27). The SMILES string of the molecule is COc1ccc(-c2[nH]ncc2C(=O)N2CC(c3nncn3CC3CC3)C3(CCC3)C2)cc1. The van der Waals surface area contributed by atoms with Crippen molar-refractivity contribution >= 4 is 5.91 Å². The fraction of sp³-hybridized carbons (Fsp3) is 0.500. The number of hydrogen-bond donors (Lipinski definition) is 1. The molecule has 8 heteroatoms. The van der Waals surface area contributed by atoms with Gasteiger partial charge in [-0.05, 0) is 61.3 Å². The van der Waals surface area contributed by atoms with E-state index in [2.05, 4.69) is 25.0 Å². The van der Waals surface area contributed by atoms with Crippen molar-refractivity contribution in [3.63, 3.8) is 0 Å². The third-order valence-corrected chi connectivity index (χ3v) is 7.64. The van der Waals surface area contributed by atoms with Crippen molar-refractivity contribution in [2.45, 2.75) is 44.6 Å². The fourth-order valence-corrected chi connectivity index (χ4v) is 5.47. The van der Waals surface area contributed by atoms with Gasteiger partial charge in [-0.15, -0.1) is 10.2 Å². The van der Waals surface area contributed by atoms with E-state index in [1.165, 1.54) is 19.3 Å². The number of ether oxygens (including phenoxy) is 1. The van der Waals surface area contributed by atoms with E-state index < -0.39 is 0 Å². The van der Waals surface area contributed by atoms with Gasteiger partial charge in [-0.3, -0.25) is 9.89 Å². The molecule has 1 N–H and O–H groups in total. The number of carbonyl (C=O) groups is 1. The van der Waals surface area contributed by atoms with Gasteiger partial charge in [0.15, 0.2) is 0 Å². The van der Waals surface area contributed by atoms with Crippen LogP contribution < -0.4 is 4.74 Å². The van der Waals surface area contributed by atoms with Crippen LogP contribution in [0.3, 0.4) is 0 Å². The van der Waals surface area contributed by atoms with Gasteiger partial charge in [0, 0.05) is 31.1 Å². The van der Waals surface area contributed by atoms with Gasteiger partial charge in [0.2, 0.25) is 0 Å². The highest BCUT2D eigenvalue weighted by Crippen LogP contribution is 2.55. The van der Waals surface area contributed by atoms with Crippen LogP contribution >= 0.6 is 0 Å². The average molecular weight is 433 g/mol. The second-order valence-electron chi connectivity index (χ2n) is 9.63. The highest BCUT2D eigenvalue weighted by molar-refractivity contribution is 6.00. The Hall–Kier alpha value is -3.16. The van der Waals surface area contributed by atoms with Gasteiger partial charge in [0.1, 0.15) is 17.9 Å². The number of carbonyl (C=O) groups excluding carboxylic acids is 1. The van der Waals surface area contributed by atoms with Crippen LogP contribution in [0.4, 0.5) is 0 Å². The number of methoxy groups -OCH3 is 1. The first-order valence-electron chi connectivity index (χ1n) is 11.5. The summed E-state index contributed by atoms with van der Waals surface area (Å²) in [7, 11) is 1.64. The van der Waals surface area contributed by atoms with Gasteiger partial charge in [0.25, 0.3) is 5.91 Å². The molecule has 1 spiro atoms. The number of amides is 1. The summed E-state index contributed by atoms with van der Waals surface area (Å²) in [5, 5.41) is 16.0. The second-order valence-corrected chi connectivity index (χ2v) is 9.63. The Labute approximate surface area is 187 Å². The Morgan fingerprint density at radius 3 is 2.75 bits per heavy atom. The minimum atomic E-state index is 0.0339. The molecule has 0 bridgehead atoms. The summed E-state index contributed by atoms with van der Waals surface area (Å²) in [4.78, 5) is 15.7. The molecule has 1 aromatic carbocycles. The number of nitrogens with one attached hydrogen (secondary N) is 1. The molecule has 2 saturated carbocycles. The smallest absolute Gasteiger partial charge is 0.257 e. The lowest BCUT2D eigenvalue weighted by Gasteiger charge is -2.42. The molecule has 3 aliphatic rings. The predicted octanol–water partition coefficient (Wildman–Crippen LogP) is 3.50. The summed E-state index contributed by atoms with van der Waals surface area (Å²) in [6, 6.07) is 7.69. The first kappa shape index (κ1) is 19.5. The Morgan fingerprint density at radius 1 is 1.25 bits per heavy atom. The van der Waals surface area contributed by atoms with Crippen LogP contribution in [0.25, 0.3) is 11.3 Å². The van der Waals surface area contributed by atoms with Crippen molar-refractivity contribution in [3.8, 4) is 17.0 Å². The summed E-state index contributed by atoms with van der Waals surface area (Å²) in [6.45, 7) is 2.47. The van der Waals surface area contributed by atoms with E-state index in [9.17, 15) is 4.79 Å². The van der Waals surface area contributed by atoms with Crippen molar-refractivity contribution < 1.29 is 9.53 Å². The summed E-state index contributed by atoms with van der Waals surface area (Å²) in [5.41, 5.74) is 2.42. The van der Waals surface area contributed by atoms with E-state index in [-0.39, 0.29) is 17.2 Å². The maximum Gasteiger partial charge on any atom is 0.257 e. The molecule has 3 fully saturated rings. The number of benzene rings is 1. The van der Waals surface area contributed by atoms with E-state index in [1.54, 1.807) is 13.3 Å². The van der Waals surface area contributed by atoms with Crippen molar-refractivity contribution in [3.05, 3.63) is 48.2 Å². The lowest BCUT2D eigenvalue weighted by molar-refractivity contribution is 0.0724. The third-order valence-electron chi connectivity index (χ3n) is 7.64. The van der Waals surface area contributed by atoms with Crippen molar-refractivity contribution in [1.29, 1.82) is 0 Å². The zero-order chi connectivity index (χ0) is 21.7. The molecule has 1 amide bonds. The fourth-order valence-electron chi connectivity index (χ4n) is 5.47. The molecule has 3 aromatic rings. The molecule has 166 valence electrons. The molecular weight excluding hydrogens is 404 g/mol. The van der Waals surface area contributed by atoms with Gasteiger partial charge < -0.3 is 14.2 Å². The van der Waals surface area contributed by atoms with E-state index in [0.717, 1.165) is 54.7 Å². The van der Waals surface area contributed by atoms with Crippen LogP contribution in [-0.2, 0) is 6.54 Å². The molecule has 1 atom stereocenters. The Morgan fingerprint density at radius 2 is 2.06 bits per heavy atom. The highest BCUT2D eigenvalue weighted by atomic mass is 16.5. The minimum Gasteiger partial charge on any atom is -0.497 e. The maximum absolute atomic E-state index is 13.6. The molecular formula is C24H28N6O2. The van der Waals surface area contributed by atoms with Gasteiger partial charge in [0.05, 0.1) is 24.6 Å². The van der Waals surface area contributed by atoms with Crippen LogP contribution in [0.1, 0.15) is 54.2 Å². The van der Waals surface area contributed by atoms with Crippen LogP contribution in [0.5, 0.6) is 5.75 Å². The number of aromatic nitrogens is 5. The second kappa shape index (κ2) is 7.46. The summed E-state index contributed by atoms with van der Waals surface area (Å²) >= 11 is 0. The van der Waals surface area contributed by atoms with E-state index in [4.69, 9.17) is 4.74 Å². The molecule has 6 rings (SSSR count). The minimum absolute atomic E-state index is 0.0339. The summed E-state index contributed by atoms with van der Waals surface area (Å²) in [5.74, 6) is 2.89. The molecule has 1 saturated heterocycles. The highest BCUT2D eigenvalue weighted by Gasteiger charge is 2.54. The maximum atomic E-state index is 13.6. The van der Waals surface area contributed by atoms with Gasteiger partial charge in [-0.2, -0.15) is 5.10 Å². The number of nitrogens with zero attached hydrogens (tertiary/aromatic N) is 5. The Bertz CT molecular complexity index is 1130. The molecule has 3 heterocycles. The number of rotatable bonds is 6. The van der Waals surface area contributed by atoms with Crippen LogP contribution in [-0.4, -0.2) is 56.0 Å². The third kappa shape index (κ3) is 3.20. The van der Waals surface area contributed by atoms with Gasteiger partial charge >= 0.3 is 0 Å². The van der Waals surface area contributed by atoms with Crippen LogP contribution in [0, 0.1) is 11.3 Å². The van der Waals surface area contributed by atoms with Crippen molar-refractivity contribution in [2.75, 3.05) is 20.2 Å². The first-order chi connectivity index (χ1) is 15.7. The lowest BCUT2D eigenvalue weighted by atomic mass is 9.62. The van der Waals surface area contributed by atoms with Gasteiger partial charge in [-0.25, -0.2) is 0 Å². The molecule has 8 nitrogen and oxygen atoms in total. The summed E-state index contributed by atoms with van der Waals surface area (Å²) < 4.78 is 7.50. The monoisotopic (exact) mass is 432 g/mol. The first-order valence-corrected chi connectivity index (χ1v) is 11.5. The van der Waals surface area contributed by atoms with E-state index >= 15 is 0 Å². The zero-order valence-corrected chi connectivity index (χ0v) is 18.3. The number of hydrogen-bond acceptors (Lipinski definition) is 5. The van der Waals surface area contributed by atoms with Crippen LogP contribution in [0.15, 0.2) is 36.8 Å². The quantitative estimate of drug-likeness (QED) is 0.644. The number of likely N-dealkylation sites (tertiary alicyclic amines) is 1. The predicted molar refractivity (Wildman–Crippen MR) is 118 cm³/mol. The molecule has 2 aromatic heterocycles. The number of aromatic amines is 1. The van der Waals surface area contributed by atoms with E-state index in [1.807, 2.05) is 35.5 Å².